The van der Waals surface area contributed by atoms with Gasteiger partial charge in [-0.05, 0) is 54.1 Å². The van der Waals surface area contributed by atoms with E-state index in [1.807, 2.05) is 6.07 Å². The van der Waals surface area contributed by atoms with Crippen LogP contribution >= 0.6 is 0 Å². The van der Waals surface area contributed by atoms with Gasteiger partial charge in [0.05, 0.1) is 27.8 Å². The highest BCUT2D eigenvalue weighted by Gasteiger charge is 2.39. The van der Waals surface area contributed by atoms with Gasteiger partial charge in [0.25, 0.3) is 0 Å². The zero-order valence-corrected chi connectivity index (χ0v) is 23.5. The van der Waals surface area contributed by atoms with Crippen molar-refractivity contribution in [3.05, 3.63) is 145 Å². The zero-order valence-electron chi connectivity index (χ0n) is 23.5. The summed E-state index contributed by atoms with van der Waals surface area (Å²) in [6.45, 7) is 4.70. The summed E-state index contributed by atoms with van der Waals surface area (Å²) in [5, 5.41) is 2.57. The van der Waals surface area contributed by atoms with Crippen LogP contribution < -0.4 is 0 Å². The van der Waals surface area contributed by atoms with E-state index in [9.17, 15) is 0 Å². The van der Waals surface area contributed by atoms with Gasteiger partial charge < -0.3 is 9.13 Å². The monoisotopic (exact) mass is 540 g/mol. The number of nitrogens with zero attached hydrogens (tertiary/aromatic N) is 4. The summed E-state index contributed by atoms with van der Waals surface area (Å²) in [6.07, 6.45) is 2.34. The van der Waals surface area contributed by atoms with Gasteiger partial charge in [-0.25, -0.2) is 4.98 Å². The largest absolute Gasteiger partial charge is 0.317 e. The number of rotatable bonds is 3. The topological polar surface area (TPSA) is 27.7 Å². The van der Waals surface area contributed by atoms with Crippen LogP contribution in [0.1, 0.15) is 25.1 Å². The molecule has 0 amide bonds. The summed E-state index contributed by atoms with van der Waals surface area (Å²) in [7, 11) is 0. The molecule has 4 heteroatoms. The maximum Gasteiger partial charge on any atom is 0.145 e. The molecule has 8 aromatic rings. The van der Waals surface area contributed by atoms with E-state index in [-0.39, 0.29) is 5.41 Å². The molecule has 0 aliphatic carbocycles. The van der Waals surface area contributed by atoms with Gasteiger partial charge in [0.15, 0.2) is 0 Å². The quantitative estimate of drug-likeness (QED) is 0.219. The lowest BCUT2D eigenvalue weighted by Crippen LogP contribution is -2.16. The van der Waals surface area contributed by atoms with E-state index in [1.54, 1.807) is 0 Å². The first-order chi connectivity index (χ1) is 20.6. The van der Waals surface area contributed by atoms with Crippen molar-refractivity contribution in [1.82, 2.24) is 18.7 Å². The Bertz CT molecular complexity index is 2310. The Morgan fingerprint density at radius 1 is 0.571 bits per heavy atom. The molecular weight excluding hydrogens is 512 g/mol. The summed E-state index contributed by atoms with van der Waals surface area (Å²) in [6, 6.07) is 45.4. The summed E-state index contributed by atoms with van der Waals surface area (Å²) in [5.41, 5.74) is 11.8. The van der Waals surface area contributed by atoms with Gasteiger partial charge in [0.1, 0.15) is 5.82 Å². The van der Waals surface area contributed by atoms with Gasteiger partial charge in [-0.2, -0.15) is 0 Å². The van der Waals surface area contributed by atoms with Gasteiger partial charge in [-0.1, -0.05) is 92.7 Å². The summed E-state index contributed by atoms with van der Waals surface area (Å²) in [5.74, 6) is 0.947. The van der Waals surface area contributed by atoms with E-state index in [1.165, 1.54) is 38.8 Å². The average Bonchev–Trinajstić information content (AvgIpc) is 3.75. The van der Waals surface area contributed by atoms with Crippen molar-refractivity contribution in [3.63, 3.8) is 0 Å². The van der Waals surface area contributed by atoms with Crippen LogP contribution in [0.2, 0.25) is 0 Å². The third-order valence-corrected chi connectivity index (χ3v) is 9.03. The average molecular weight is 541 g/mol. The number of hydrogen-bond donors (Lipinski definition) is 0. The Morgan fingerprint density at radius 3 is 2.02 bits per heavy atom. The van der Waals surface area contributed by atoms with Crippen molar-refractivity contribution in [2.24, 2.45) is 0 Å². The number of imidazole rings is 1. The Labute approximate surface area is 243 Å². The molecule has 0 N–H and O–H groups in total. The van der Waals surface area contributed by atoms with Crippen molar-refractivity contribution in [3.8, 4) is 28.5 Å². The Kier molecular flexibility index (Phi) is 4.64. The molecule has 0 unspecified atom stereocenters. The van der Waals surface area contributed by atoms with Crippen molar-refractivity contribution in [1.29, 1.82) is 0 Å². The zero-order chi connectivity index (χ0) is 28.0. The first-order valence-electron chi connectivity index (χ1n) is 14.5. The SMILES string of the molecule is CC1(C)c2ccccc2-n2cc3c4ccccc4n(-c4ccc(-n5c(-c6ccccc6)nc6ccccc65)cc4)c3c21. The Hall–Kier alpha value is -5.35. The maximum absolute atomic E-state index is 5.04. The van der Waals surface area contributed by atoms with Crippen LogP contribution in [0.25, 0.3) is 61.3 Å². The molecule has 0 spiro atoms. The molecule has 9 rings (SSSR count). The fraction of sp³-hybridized carbons (Fsp3) is 0.0789. The first kappa shape index (κ1) is 23.4. The number of benzene rings is 5. The lowest BCUT2D eigenvalue weighted by Gasteiger charge is -2.21. The fourth-order valence-electron chi connectivity index (χ4n) is 7.15. The summed E-state index contributed by atoms with van der Waals surface area (Å²) < 4.78 is 7.15. The van der Waals surface area contributed by atoms with Crippen molar-refractivity contribution in [2.45, 2.75) is 19.3 Å². The van der Waals surface area contributed by atoms with E-state index in [0.717, 1.165) is 33.8 Å². The molecule has 0 bridgehead atoms. The molecule has 0 fully saturated rings. The number of aromatic nitrogens is 4. The second-order valence-electron chi connectivity index (χ2n) is 11.7. The molecular formula is C38H28N4. The van der Waals surface area contributed by atoms with E-state index >= 15 is 0 Å². The summed E-state index contributed by atoms with van der Waals surface area (Å²) >= 11 is 0. The van der Waals surface area contributed by atoms with Crippen LogP contribution in [-0.4, -0.2) is 18.7 Å². The molecule has 0 saturated heterocycles. The van der Waals surface area contributed by atoms with Gasteiger partial charge in [-0.3, -0.25) is 4.57 Å². The lowest BCUT2D eigenvalue weighted by molar-refractivity contribution is 0.646. The van der Waals surface area contributed by atoms with Crippen LogP contribution in [0.3, 0.4) is 0 Å². The number of fused-ring (bicyclic) bond motifs is 8. The van der Waals surface area contributed by atoms with E-state index < -0.39 is 0 Å². The van der Waals surface area contributed by atoms with Gasteiger partial charge >= 0.3 is 0 Å². The highest BCUT2D eigenvalue weighted by Crippen LogP contribution is 2.49. The van der Waals surface area contributed by atoms with E-state index in [2.05, 4.69) is 155 Å². The van der Waals surface area contributed by atoms with E-state index in [0.29, 0.717) is 0 Å². The second kappa shape index (κ2) is 8.34. The minimum atomic E-state index is -0.120. The first-order valence-corrected chi connectivity index (χ1v) is 14.5. The van der Waals surface area contributed by atoms with Crippen LogP contribution in [0.5, 0.6) is 0 Å². The minimum absolute atomic E-state index is 0.120. The molecule has 200 valence electrons. The van der Waals surface area contributed by atoms with Crippen molar-refractivity contribution >= 4 is 32.8 Å². The minimum Gasteiger partial charge on any atom is -0.317 e. The highest BCUT2D eigenvalue weighted by atomic mass is 15.1. The fourth-order valence-corrected chi connectivity index (χ4v) is 7.15. The molecule has 0 radical (unpaired) electrons. The predicted octanol–water partition coefficient (Wildman–Crippen LogP) is 9.22. The van der Waals surface area contributed by atoms with Crippen LogP contribution in [0.4, 0.5) is 0 Å². The van der Waals surface area contributed by atoms with Crippen LogP contribution in [0, 0.1) is 0 Å². The van der Waals surface area contributed by atoms with E-state index in [4.69, 9.17) is 4.98 Å². The number of para-hydroxylation sites is 4. The molecule has 0 saturated carbocycles. The normalized spacial score (nSPS) is 13.7. The Morgan fingerprint density at radius 2 is 1.21 bits per heavy atom. The molecule has 4 nitrogen and oxygen atoms in total. The molecule has 1 aliphatic heterocycles. The maximum atomic E-state index is 5.04. The highest BCUT2D eigenvalue weighted by molar-refractivity contribution is 6.11. The standard InChI is InChI=1S/C38H28N4/c1-38(2)30-15-7-10-18-33(30)40-24-29-28-14-6-9-17-32(28)41(35(29)36(38)40)26-20-22-27(23-21-26)42-34-19-11-8-16-31(34)39-37(42)25-12-4-3-5-13-25/h3-24H,1-2H3. The lowest BCUT2D eigenvalue weighted by atomic mass is 9.83. The molecule has 3 aromatic heterocycles. The van der Waals surface area contributed by atoms with Crippen molar-refractivity contribution in [2.75, 3.05) is 0 Å². The summed E-state index contributed by atoms with van der Waals surface area (Å²) in [4.78, 5) is 5.04. The third kappa shape index (κ3) is 3.04. The second-order valence-corrected chi connectivity index (χ2v) is 11.7. The number of hydrogen-bond acceptors (Lipinski definition) is 1. The molecule has 5 aromatic carbocycles. The van der Waals surface area contributed by atoms with Crippen molar-refractivity contribution < 1.29 is 0 Å². The molecule has 4 heterocycles. The van der Waals surface area contributed by atoms with Gasteiger partial charge in [0, 0.05) is 45.0 Å². The predicted molar refractivity (Wildman–Crippen MR) is 172 cm³/mol. The third-order valence-electron chi connectivity index (χ3n) is 9.03. The smallest absolute Gasteiger partial charge is 0.145 e. The molecule has 42 heavy (non-hydrogen) atoms. The van der Waals surface area contributed by atoms with Gasteiger partial charge in [-0.15, -0.1) is 0 Å². The Balaban J connectivity index is 1.28. The molecule has 0 atom stereocenters. The van der Waals surface area contributed by atoms with Gasteiger partial charge in [0.2, 0.25) is 0 Å². The van der Waals surface area contributed by atoms with Crippen LogP contribution in [-0.2, 0) is 5.41 Å². The van der Waals surface area contributed by atoms with Crippen LogP contribution in [0.15, 0.2) is 134 Å². The molecule has 1 aliphatic rings.